The number of carboxylic acids is 1. The minimum atomic E-state index is -1.26. The molecule has 0 bridgehead atoms. The van der Waals surface area contributed by atoms with Gasteiger partial charge < -0.3 is 82.5 Å². The molecule has 360 valence electrons. The van der Waals surface area contributed by atoms with Crippen molar-refractivity contribution < 1.29 is 43.5 Å². The average molecular weight is 899 g/mol. The molecule has 8 atom stereocenters. The third kappa shape index (κ3) is 24.4. The number of rotatable bonds is 32. The largest absolute Gasteiger partial charge is 0.480 e. The van der Waals surface area contributed by atoms with E-state index in [1.54, 1.807) is 13.8 Å². The molecular weight excluding hydrogens is 825 g/mol. The molecule has 0 heterocycles. The fraction of sp³-hybridized carbons (Fsp3) is 0.737. The molecule has 0 spiro atoms. The molecule has 0 aliphatic carbocycles. The van der Waals surface area contributed by atoms with Crippen molar-refractivity contribution in [2.24, 2.45) is 56.0 Å². The molecule has 0 rings (SSSR count). The zero-order valence-corrected chi connectivity index (χ0v) is 37.2. The summed E-state index contributed by atoms with van der Waals surface area (Å²) in [6.45, 7) is 8.26. The third-order valence-corrected chi connectivity index (χ3v) is 9.52. The van der Waals surface area contributed by atoms with Gasteiger partial charge in [-0.25, -0.2) is 0 Å². The quantitative estimate of drug-likeness (QED) is 0.0171. The normalized spacial score (nSPS) is 14.7. The van der Waals surface area contributed by atoms with Crippen molar-refractivity contribution in [2.75, 3.05) is 26.2 Å². The maximum Gasteiger partial charge on any atom is 0.325 e. The fourth-order valence-electron chi connectivity index (χ4n) is 5.73. The number of hydrogen-bond acceptors (Lipinski definition) is 13. The lowest BCUT2D eigenvalue weighted by atomic mass is 10.0. The van der Waals surface area contributed by atoms with E-state index in [9.17, 15) is 38.4 Å². The van der Waals surface area contributed by atoms with Gasteiger partial charge in [0.15, 0.2) is 11.9 Å². The molecule has 25 nitrogen and oxygen atoms in total. The van der Waals surface area contributed by atoms with E-state index in [0.29, 0.717) is 45.2 Å². The van der Waals surface area contributed by atoms with E-state index in [1.807, 2.05) is 0 Å². The van der Waals surface area contributed by atoms with Crippen molar-refractivity contribution >= 4 is 59.2 Å². The molecule has 0 aliphatic heterocycles. The van der Waals surface area contributed by atoms with Gasteiger partial charge in [-0.2, -0.15) is 0 Å². The first-order valence-electron chi connectivity index (χ1n) is 21.2. The lowest BCUT2D eigenvalue weighted by molar-refractivity contribution is -0.142. The first kappa shape index (κ1) is 57.2. The predicted octanol–water partition coefficient (Wildman–Crippen LogP) is -5.13. The molecule has 0 aliphatic rings. The molecule has 0 aromatic heterocycles. The van der Waals surface area contributed by atoms with Gasteiger partial charge in [0.1, 0.15) is 42.3 Å². The Bertz CT molecular complexity index is 1560. The molecular formula is C38H74N16O9. The van der Waals surface area contributed by atoms with E-state index in [1.165, 1.54) is 20.8 Å². The zero-order chi connectivity index (χ0) is 48.2. The van der Waals surface area contributed by atoms with Crippen LogP contribution in [0.5, 0.6) is 0 Å². The Labute approximate surface area is 368 Å². The van der Waals surface area contributed by atoms with Gasteiger partial charge in [0.05, 0.1) is 6.04 Å². The highest BCUT2D eigenvalue weighted by molar-refractivity contribution is 5.97. The number of nitrogens with one attached hydrogen (secondary N) is 7. The number of guanidine groups is 2. The standard InChI is InChI=1S/C38H74N16O9/c1-20(2)28(35(61)50-23(5)36(62)63)54-30(56)22(4)48-29(55)21(3)49-32(58)25(13-6-8-16-39)52-33(59)26(14-7-9-17-40)53-34(60)27(15-11-19-47-38(44)45)51-31(57)24(41)12-10-18-46-37(42)43/h20-28H,6-19,39-41H2,1-5H3,(H,48,55)(H,49,58)(H,50,61)(H,51,57)(H,52,59)(H,53,60)(H,54,56)(H,62,63)(H4,42,43,46)(H4,44,45,47)/t21-,22-,23-,24-,25-,26-,27-,28-/m0/s1. The van der Waals surface area contributed by atoms with Crippen molar-refractivity contribution in [3.8, 4) is 0 Å². The van der Waals surface area contributed by atoms with Crippen molar-refractivity contribution in [3.63, 3.8) is 0 Å². The van der Waals surface area contributed by atoms with Crippen LogP contribution in [0.2, 0.25) is 0 Å². The van der Waals surface area contributed by atoms with E-state index in [2.05, 4.69) is 47.2 Å². The van der Waals surface area contributed by atoms with Gasteiger partial charge >= 0.3 is 5.97 Å². The summed E-state index contributed by atoms with van der Waals surface area (Å²) in [5.74, 6) is -7.02. The van der Waals surface area contributed by atoms with Gasteiger partial charge in [0.25, 0.3) is 0 Å². The van der Waals surface area contributed by atoms with E-state index in [0.717, 1.165) is 0 Å². The van der Waals surface area contributed by atoms with Crippen LogP contribution in [-0.4, -0.2) is 139 Å². The van der Waals surface area contributed by atoms with Crippen LogP contribution in [0.15, 0.2) is 9.98 Å². The molecule has 0 aromatic carbocycles. The summed E-state index contributed by atoms with van der Waals surface area (Å²) < 4.78 is 0. The average Bonchev–Trinajstić information content (AvgIpc) is 3.20. The second kappa shape index (κ2) is 31.1. The van der Waals surface area contributed by atoms with Gasteiger partial charge in [0, 0.05) is 13.1 Å². The van der Waals surface area contributed by atoms with Crippen molar-refractivity contribution in [3.05, 3.63) is 0 Å². The molecule has 7 amide bonds. The molecule has 63 heavy (non-hydrogen) atoms. The molecule has 0 saturated heterocycles. The zero-order valence-electron chi connectivity index (χ0n) is 37.2. The summed E-state index contributed by atoms with van der Waals surface area (Å²) in [7, 11) is 0. The SMILES string of the molecule is CC(C)[C@H](NC(=O)[C@H](C)NC(=O)[C@H](C)NC(=O)[C@H](CCCCN)NC(=O)[C@H](CCCCN)NC(=O)[C@H](CCCN=C(N)N)NC(=O)[C@@H](N)CCCN=C(N)N)C(=O)N[C@@H](C)C(=O)O. The lowest BCUT2D eigenvalue weighted by Crippen LogP contribution is -2.59. The van der Waals surface area contributed by atoms with Gasteiger partial charge in [-0.3, -0.25) is 48.3 Å². The van der Waals surface area contributed by atoms with Crippen LogP contribution >= 0.6 is 0 Å². The van der Waals surface area contributed by atoms with E-state index in [4.69, 9.17) is 45.2 Å². The minimum absolute atomic E-state index is 0.0657. The van der Waals surface area contributed by atoms with Gasteiger partial charge in [-0.15, -0.1) is 0 Å². The number of aliphatic carboxylic acids is 1. The van der Waals surface area contributed by atoms with Crippen LogP contribution in [0, 0.1) is 5.92 Å². The highest BCUT2D eigenvalue weighted by Crippen LogP contribution is 2.09. The molecule has 0 radical (unpaired) electrons. The highest BCUT2D eigenvalue weighted by Gasteiger charge is 2.33. The summed E-state index contributed by atoms with van der Waals surface area (Å²) in [5, 5.41) is 27.0. The molecule has 22 N–H and O–H groups in total. The Hall–Kier alpha value is -5.82. The molecule has 0 fully saturated rings. The Morgan fingerprint density at radius 1 is 0.460 bits per heavy atom. The number of aliphatic imine (C=N–C) groups is 2. The van der Waals surface area contributed by atoms with Crippen molar-refractivity contribution in [1.82, 2.24) is 37.2 Å². The smallest absolute Gasteiger partial charge is 0.325 e. The maximum atomic E-state index is 13.9. The number of nitrogens with zero attached hydrogens (tertiary/aromatic N) is 2. The van der Waals surface area contributed by atoms with Crippen LogP contribution in [0.25, 0.3) is 0 Å². The number of hydrogen-bond donors (Lipinski definition) is 15. The van der Waals surface area contributed by atoms with Crippen LogP contribution in [0.4, 0.5) is 0 Å². The third-order valence-electron chi connectivity index (χ3n) is 9.52. The number of carboxylic acid groups (broad SMARTS) is 1. The number of carbonyl (C=O) groups is 8. The fourth-order valence-corrected chi connectivity index (χ4v) is 5.73. The molecule has 0 aromatic rings. The van der Waals surface area contributed by atoms with E-state index in [-0.39, 0.29) is 57.1 Å². The predicted molar refractivity (Wildman–Crippen MR) is 237 cm³/mol. The van der Waals surface area contributed by atoms with Crippen LogP contribution in [0.1, 0.15) is 98.8 Å². The Morgan fingerprint density at radius 3 is 1.24 bits per heavy atom. The maximum absolute atomic E-state index is 13.9. The Morgan fingerprint density at radius 2 is 0.825 bits per heavy atom. The lowest BCUT2D eigenvalue weighted by Gasteiger charge is -2.27. The van der Waals surface area contributed by atoms with Gasteiger partial charge in [-0.05, 0) is 104 Å². The Kier molecular flexibility index (Phi) is 28.2. The highest BCUT2D eigenvalue weighted by atomic mass is 16.4. The van der Waals surface area contributed by atoms with Crippen molar-refractivity contribution in [1.29, 1.82) is 0 Å². The van der Waals surface area contributed by atoms with Crippen LogP contribution < -0.4 is 77.4 Å². The summed E-state index contributed by atoms with van der Waals surface area (Å²) in [6, 6.07) is -9.30. The summed E-state index contributed by atoms with van der Waals surface area (Å²) in [4.78, 5) is 112. The molecule has 0 unspecified atom stereocenters. The number of unbranched alkanes of at least 4 members (excludes halogenated alkanes) is 2. The minimum Gasteiger partial charge on any atom is -0.480 e. The number of nitrogens with two attached hydrogens (primary N) is 7. The first-order chi connectivity index (χ1) is 29.5. The number of carbonyl (C=O) groups excluding carboxylic acids is 7. The molecule has 0 saturated carbocycles. The summed E-state index contributed by atoms with van der Waals surface area (Å²) in [5.41, 5.74) is 39.0. The second-order valence-corrected chi connectivity index (χ2v) is 15.5. The summed E-state index contributed by atoms with van der Waals surface area (Å²) >= 11 is 0. The van der Waals surface area contributed by atoms with Gasteiger partial charge in [-0.1, -0.05) is 13.8 Å². The summed E-state index contributed by atoms with van der Waals surface area (Å²) in [6.07, 6.45) is 2.96. The first-order valence-corrected chi connectivity index (χ1v) is 21.2. The second-order valence-electron chi connectivity index (χ2n) is 15.5. The van der Waals surface area contributed by atoms with E-state index >= 15 is 0 Å². The topological polar surface area (TPSA) is 448 Å². The van der Waals surface area contributed by atoms with Crippen molar-refractivity contribution in [2.45, 2.75) is 147 Å². The van der Waals surface area contributed by atoms with Gasteiger partial charge in [0.2, 0.25) is 41.4 Å². The monoisotopic (exact) mass is 899 g/mol. The molecule has 25 heteroatoms. The van der Waals surface area contributed by atoms with E-state index < -0.39 is 102 Å². The Balaban J connectivity index is 6.08. The number of amides is 7. The van der Waals surface area contributed by atoms with Crippen LogP contribution in [0.3, 0.4) is 0 Å². The van der Waals surface area contributed by atoms with Crippen LogP contribution in [-0.2, 0) is 38.4 Å².